The van der Waals surface area contributed by atoms with Crippen LogP contribution < -0.4 is 10.6 Å². The molecule has 1 aliphatic rings. The number of carbonyl (C=O) groups is 4. The lowest BCUT2D eigenvalue weighted by Gasteiger charge is -2.32. The molecule has 0 saturated carbocycles. The number of amides is 3. The van der Waals surface area contributed by atoms with Gasteiger partial charge < -0.3 is 20.6 Å². The number of nitrogens with zero attached hydrogens (tertiary/aromatic N) is 1. The van der Waals surface area contributed by atoms with Crippen LogP contribution in [0.2, 0.25) is 0 Å². The van der Waals surface area contributed by atoms with Crippen LogP contribution in [-0.4, -0.2) is 64.4 Å². The van der Waals surface area contributed by atoms with Crippen LogP contribution in [0.5, 0.6) is 5.75 Å². The van der Waals surface area contributed by atoms with Crippen LogP contribution in [0.3, 0.4) is 0 Å². The van der Waals surface area contributed by atoms with Gasteiger partial charge in [-0.1, -0.05) is 27.7 Å². The zero-order valence-electron chi connectivity index (χ0n) is 19.5. The minimum absolute atomic E-state index is 0.0253. The molecule has 0 aliphatic carbocycles. The molecule has 3 amide bonds. The van der Waals surface area contributed by atoms with Crippen molar-refractivity contribution < 1.29 is 37.5 Å². The topological polar surface area (TPSA) is 116 Å². The van der Waals surface area contributed by atoms with E-state index in [1.54, 1.807) is 13.8 Å². The van der Waals surface area contributed by atoms with Gasteiger partial charge in [-0.2, -0.15) is 13.2 Å². The first kappa shape index (κ1) is 27.1. The van der Waals surface area contributed by atoms with Crippen LogP contribution in [-0.2, 0) is 14.4 Å². The molecule has 1 aromatic rings. The zero-order valence-corrected chi connectivity index (χ0v) is 19.5. The van der Waals surface area contributed by atoms with E-state index in [9.17, 15) is 37.5 Å². The molecule has 1 saturated heterocycles. The highest BCUT2D eigenvalue weighted by Gasteiger charge is 2.46. The highest BCUT2D eigenvalue weighted by atomic mass is 19.4. The molecule has 0 spiro atoms. The van der Waals surface area contributed by atoms with Gasteiger partial charge in [-0.3, -0.25) is 19.2 Å². The summed E-state index contributed by atoms with van der Waals surface area (Å²) in [6, 6.07) is 1.63. The Kier molecular flexibility index (Phi) is 8.68. The maximum absolute atomic E-state index is 13.3. The van der Waals surface area contributed by atoms with E-state index < -0.39 is 53.7 Å². The number of hydrogen-bond donors (Lipinski definition) is 3. The predicted molar refractivity (Wildman–Crippen MR) is 117 cm³/mol. The Morgan fingerprint density at radius 2 is 1.53 bits per heavy atom. The number of likely N-dealkylation sites (tertiary alicyclic amines) is 1. The molecule has 0 radical (unpaired) electrons. The summed E-state index contributed by atoms with van der Waals surface area (Å²) in [5, 5.41) is 14.2. The molecule has 8 nitrogen and oxygen atoms in total. The second-order valence-corrected chi connectivity index (χ2v) is 9.02. The third-order valence-electron chi connectivity index (χ3n) is 5.71. The van der Waals surface area contributed by atoms with E-state index in [4.69, 9.17) is 0 Å². The highest BCUT2D eigenvalue weighted by molar-refractivity contribution is 5.99. The number of alkyl halides is 3. The van der Waals surface area contributed by atoms with Gasteiger partial charge in [0.25, 0.3) is 11.7 Å². The molecular formula is C23H30F3N3O5. The Hall–Kier alpha value is -3.11. The molecule has 1 heterocycles. The quantitative estimate of drug-likeness (QED) is 0.523. The van der Waals surface area contributed by atoms with Gasteiger partial charge in [0.1, 0.15) is 17.8 Å². The van der Waals surface area contributed by atoms with Gasteiger partial charge in [-0.05, 0) is 48.9 Å². The van der Waals surface area contributed by atoms with E-state index in [1.165, 1.54) is 43.0 Å². The Labute approximate surface area is 195 Å². The minimum atomic E-state index is -5.10. The first-order valence-electron chi connectivity index (χ1n) is 11.1. The van der Waals surface area contributed by atoms with Gasteiger partial charge in [-0.15, -0.1) is 0 Å². The summed E-state index contributed by atoms with van der Waals surface area (Å²) in [6.07, 6.45) is -4.44. The highest BCUT2D eigenvalue weighted by Crippen LogP contribution is 2.24. The molecule has 34 heavy (non-hydrogen) atoms. The summed E-state index contributed by atoms with van der Waals surface area (Å²) in [4.78, 5) is 51.7. The number of phenolic OH excluding ortho intramolecular Hbond substituents is 1. The summed E-state index contributed by atoms with van der Waals surface area (Å²) in [7, 11) is 0. The lowest BCUT2D eigenvalue weighted by Crippen LogP contribution is -2.58. The van der Waals surface area contributed by atoms with Crippen molar-refractivity contribution in [2.24, 2.45) is 11.8 Å². The van der Waals surface area contributed by atoms with Crippen molar-refractivity contribution in [2.75, 3.05) is 6.54 Å². The smallest absolute Gasteiger partial charge is 0.452 e. The second kappa shape index (κ2) is 10.9. The summed E-state index contributed by atoms with van der Waals surface area (Å²) in [6.45, 7) is 6.39. The second-order valence-electron chi connectivity index (χ2n) is 9.02. The fourth-order valence-electron chi connectivity index (χ4n) is 3.79. The zero-order chi connectivity index (χ0) is 25.8. The number of Topliss-reactive ketones (excluding diaryl/α,β-unsaturated/α-hetero) is 1. The van der Waals surface area contributed by atoms with Gasteiger partial charge in [0.15, 0.2) is 0 Å². The Bertz CT molecular complexity index is 915. The first-order chi connectivity index (χ1) is 15.7. The van der Waals surface area contributed by atoms with E-state index >= 15 is 0 Å². The molecule has 1 aromatic carbocycles. The summed E-state index contributed by atoms with van der Waals surface area (Å²) in [5.41, 5.74) is 0.220. The Balaban J connectivity index is 2.17. The van der Waals surface area contributed by atoms with Crippen LogP contribution in [0.1, 0.15) is 50.9 Å². The number of hydrogen-bond acceptors (Lipinski definition) is 5. The van der Waals surface area contributed by atoms with Crippen molar-refractivity contribution in [3.05, 3.63) is 29.8 Å². The Morgan fingerprint density at radius 3 is 2.03 bits per heavy atom. The van der Waals surface area contributed by atoms with E-state index in [0.29, 0.717) is 6.42 Å². The molecule has 1 aliphatic heterocycles. The number of nitrogens with one attached hydrogen (secondary N) is 2. The van der Waals surface area contributed by atoms with Crippen LogP contribution in [0.4, 0.5) is 13.2 Å². The average Bonchev–Trinajstić information content (AvgIpc) is 3.24. The molecule has 0 bridgehead atoms. The molecule has 2 rings (SSSR count). The molecule has 3 N–H and O–H groups in total. The molecule has 0 unspecified atom stereocenters. The minimum Gasteiger partial charge on any atom is -0.508 e. The lowest BCUT2D eigenvalue weighted by molar-refractivity contribution is -0.175. The number of benzene rings is 1. The molecule has 3 atom stereocenters. The normalized spacial score (nSPS) is 18.0. The van der Waals surface area contributed by atoms with Crippen molar-refractivity contribution in [3.8, 4) is 5.75 Å². The van der Waals surface area contributed by atoms with Crippen LogP contribution >= 0.6 is 0 Å². The van der Waals surface area contributed by atoms with Gasteiger partial charge in [0.05, 0.1) is 6.04 Å². The maximum Gasteiger partial charge on any atom is 0.452 e. The van der Waals surface area contributed by atoms with Crippen LogP contribution in [0.25, 0.3) is 0 Å². The number of halogens is 3. The fourth-order valence-corrected chi connectivity index (χ4v) is 3.79. The number of rotatable bonds is 8. The van der Waals surface area contributed by atoms with Crippen molar-refractivity contribution in [1.82, 2.24) is 15.5 Å². The molecular weight excluding hydrogens is 455 g/mol. The van der Waals surface area contributed by atoms with Crippen molar-refractivity contribution in [2.45, 2.75) is 64.8 Å². The fraction of sp³-hybridized carbons (Fsp3) is 0.565. The average molecular weight is 486 g/mol. The van der Waals surface area contributed by atoms with Gasteiger partial charge in [-0.25, -0.2) is 0 Å². The molecule has 0 aromatic heterocycles. The molecule has 11 heteroatoms. The van der Waals surface area contributed by atoms with E-state index in [-0.39, 0.29) is 30.2 Å². The summed E-state index contributed by atoms with van der Waals surface area (Å²) >= 11 is 0. The maximum atomic E-state index is 13.3. The third kappa shape index (κ3) is 6.48. The van der Waals surface area contributed by atoms with Gasteiger partial charge in [0.2, 0.25) is 11.8 Å². The van der Waals surface area contributed by atoms with E-state index in [0.717, 1.165) is 0 Å². The number of ketones is 1. The molecule has 1 fully saturated rings. The summed E-state index contributed by atoms with van der Waals surface area (Å²) < 4.78 is 38.9. The van der Waals surface area contributed by atoms with Gasteiger partial charge in [0, 0.05) is 12.1 Å². The standard InChI is InChI=1S/C23H30F3N3O5/c1-12(2)17(19(31)23(24,25)26)27-21(33)16-6-5-11-29(16)22(34)18(13(3)4)28-20(32)14-7-9-15(30)10-8-14/h7-10,12-13,16-18,30H,5-6,11H2,1-4H3,(H,27,33)(H,28,32)/t16-,17-,18-/m0/s1. The predicted octanol–water partition coefficient (Wildman–Crippen LogP) is 2.41. The largest absolute Gasteiger partial charge is 0.508 e. The van der Waals surface area contributed by atoms with Crippen molar-refractivity contribution >= 4 is 23.5 Å². The number of phenols is 1. The lowest BCUT2D eigenvalue weighted by atomic mass is 9.98. The number of aromatic hydroxyl groups is 1. The summed E-state index contributed by atoms with van der Waals surface area (Å²) in [5.74, 6) is -5.17. The van der Waals surface area contributed by atoms with Gasteiger partial charge >= 0.3 is 6.18 Å². The SMILES string of the molecule is CC(C)[C@H](NC(=O)c1ccc(O)cc1)C(=O)N1CCC[C@H]1C(=O)N[C@H](C(=O)C(F)(F)F)C(C)C. The molecule has 188 valence electrons. The third-order valence-corrected chi connectivity index (χ3v) is 5.71. The first-order valence-corrected chi connectivity index (χ1v) is 11.1. The van der Waals surface area contributed by atoms with Crippen molar-refractivity contribution in [1.29, 1.82) is 0 Å². The Morgan fingerprint density at radius 1 is 0.971 bits per heavy atom. The number of carbonyl (C=O) groups excluding carboxylic acids is 4. The monoisotopic (exact) mass is 485 g/mol. The van der Waals surface area contributed by atoms with E-state index in [2.05, 4.69) is 10.6 Å². The van der Waals surface area contributed by atoms with Crippen LogP contribution in [0.15, 0.2) is 24.3 Å². The van der Waals surface area contributed by atoms with Crippen molar-refractivity contribution in [3.63, 3.8) is 0 Å². The van der Waals surface area contributed by atoms with E-state index in [1.807, 2.05) is 0 Å². The van der Waals surface area contributed by atoms with Crippen LogP contribution in [0, 0.1) is 11.8 Å².